The molecule has 0 saturated carbocycles. The van der Waals surface area contributed by atoms with Crippen molar-refractivity contribution in [2.45, 2.75) is 53.0 Å². The fraction of sp³-hybridized carbons (Fsp3) is 0.769. The Morgan fingerprint density at radius 3 is 2.50 bits per heavy atom. The average molecular weight is 223 g/mol. The van der Waals surface area contributed by atoms with Crippen LogP contribution < -0.4 is 5.73 Å². The molecular weight excluding hydrogens is 198 g/mol. The van der Waals surface area contributed by atoms with Crippen LogP contribution in [0.15, 0.2) is 6.20 Å². The normalized spacial score (nSPS) is 11.7. The summed E-state index contributed by atoms with van der Waals surface area (Å²) in [7, 11) is 0. The zero-order chi connectivity index (χ0) is 12.1. The Kier molecular flexibility index (Phi) is 5.00. The lowest BCUT2D eigenvalue weighted by molar-refractivity contribution is 0.486. The molecule has 0 unspecified atom stereocenters. The van der Waals surface area contributed by atoms with Crippen molar-refractivity contribution >= 4 is 0 Å². The molecular formula is C13H25N3. The maximum absolute atomic E-state index is 5.57. The van der Waals surface area contributed by atoms with E-state index in [-0.39, 0.29) is 0 Å². The molecule has 92 valence electrons. The van der Waals surface area contributed by atoms with Gasteiger partial charge in [0, 0.05) is 11.7 Å². The van der Waals surface area contributed by atoms with E-state index in [0.717, 1.165) is 25.8 Å². The van der Waals surface area contributed by atoms with Crippen LogP contribution in [0.3, 0.4) is 0 Å². The molecule has 0 saturated heterocycles. The van der Waals surface area contributed by atoms with Crippen molar-refractivity contribution in [1.82, 2.24) is 9.78 Å². The molecule has 0 amide bonds. The molecule has 2 N–H and O–H groups in total. The summed E-state index contributed by atoms with van der Waals surface area (Å²) in [5.41, 5.74) is 8.35. The summed E-state index contributed by atoms with van der Waals surface area (Å²) in [5, 5.41) is 4.50. The Bertz CT molecular complexity index is 313. The van der Waals surface area contributed by atoms with E-state index in [1.165, 1.54) is 11.3 Å². The van der Waals surface area contributed by atoms with Crippen LogP contribution >= 0.6 is 0 Å². The Hall–Kier alpha value is -0.830. The number of aromatic nitrogens is 2. The minimum atomic E-state index is 0.445. The third-order valence-corrected chi connectivity index (χ3v) is 2.73. The van der Waals surface area contributed by atoms with Gasteiger partial charge in [0.2, 0.25) is 0 Å². The van der Waals surface area contributed by atoms with Crippen molar-refractivity contribution in [3.05, 3.63) is 17.5 Å². The molecule has 1 heterocycles. The van der Waals surface area contributed by atoms with Gasteiger partial charge in [0.25, 0.3) is 0 Å². The van der Waals surface area contributed by atoms with E-state index in [4.69, 9.17) is 5.73 Å². The highest BCUT2D eigenvalue weighted by Crippen LogP contribution is 2.19. The highest BCUT2D eigenvalue weighted by atomic mass is 15.3. The number of nitrogens with two attached hydrogens (primary N) is 1. The molecule has 0 aliphatic heterocycles. The monoisotopic (exact) mass is 223 g/mol. The van der Waals surface area contributed by atoms with Crippen molar-refractivity contribution in [1.29, 1.82) is 0 Å². The van der Waals surface area contributed by atoms with Gasteiger partial charge >= 0.3 is 0 Å². The van der Waals surface area contributed by atoms with Crippen molar-refractivity contribution < 1.29 is 0 Å². The Balaban J connectivity index is 2.90. The van der Waals surface area contributed by atoms with E-state index in [1.54, 1.807) is 0 Å². The van der Waals surface area contributed by atoms with E-state index >= 15 is 0 Å². The number of rotatable bonds is 6. The number of aryl methyl sites for hydroxylation is 1. The van der Waals surface area contributed by atoms with Gasteiger partial charge in [-0.25, -0.2) is 0 Å². The largest absolute Gasteiger partial charge is 0.330 e. The molecule has 1 rings (SSSR count). The van der Waals surface area contributed by atoms with Crippen LogP contribution in [0.2, 0.25) is 0 Å². The molecule has 0 fully saturated rings. The van der Waals surface area contributed by atoms with Gasteiger partial charge in [0.1, 0.15) is 0 Å². The van der Waals surface area contributed by atoms with Crippen molar-refractivity contribution in [2.24, 2.45) is 11.7 Å². The van der Waals surface area contributed by atoms with Gasteiger partial charge < -0.3 is 5.73 Å². The summed E-state index contributed by atoms with van der Waals surface area (Å²) < 4.78 is 2.16. The number of hydrogen-bond acceptors (Lipinski definition) is 2. The lowest BCUT2D eigenvalue weighted by Crippen LogP contribution is -2.11. The third-order valence-electron chi connectivity index (χ3n) is 2.73. The van der Waals surface area contributed by atoms with Crippen molar-refractivity contribution in [3.8, 4) is 0 Å². The topological polar surface area (TPSA) is 43.8 Å². The number of nitrogens with zero attached hydrogens (tertiary/aromatic N) is 2. The van der Waals surface area contributed by atoms with E-state index in [0.29, 0.717) is 12.0 Å². The highest BCUT2D eigenvalue weighted by Gasteiger charge is 2.13. The Labute approximate surface area is 99.0 Å². The highest BCUT2D eigenvalue weighted by molar-refractivity contribution is 5.19. The third kappa shape index (κ3) is 3.34. The fourth-order valence-electron chi connectivity index (χ4n) is 1.98. The number of hydrogen-bond donors (Lipinski definition) is 1. The summed E-state index contributed by atoms with van der Waals surface area (Å²) in [4.78, 5) is 0. The molecule has 0 spiro atoms. The molecule has 16 heavy (non-hydrogen) atoms. The minimum Gasteiger partial charge on any atom is -0.330 e. The summed E-state index contributed by atoms with van der Waals surface area (Å²) in [6.45, 7) is 9.63. The lowest BCUT2D eigenvalue weighted by atomic mass is 10.0. The first-order valence-corrected chi connectivity index (χ1v) is 6.31. The molecule has 0 aliphatic rings. The second-order valence-corrected chi connectivity index (χ2v) is 5.15. The summed E-state index contributed by atoms with van der Waals surface area (Å²) >= 11 is 0. The molecule has 3 nitrogen and oxygen atoms in total. The summed E-state index contributed by atoms with van der Waals surface area (Å²) in [5.74, 6) is 0.672. The first-order valence-electron chi connectivity index (χ1n) is 6.31. The second kappa shape index (κ2) is 6.04. The zero-order valence-corrected chi connectivity index (χ0v) is 11.0. The molecule has 0 bridgehead atoms. The van der Waals surface area contributed by atoms with Gasteiger partial charge in [0.05, 0.1) is 6.20 Å². The van der Waals surface area contributed by atoms with Gasteiger partial charge in [-0.05, 0) is 51.1 Å². The first-order chi connectivity index (χ1) is 7.56. The Morgan fingerprint density at radius 2 is 2.00 bits per heavy atom. The van der Waals surface area contributed by atoms with E-state index in [1.807, 2.05) is 6.20 Å². The van der Waals surface area contributed by atoms with Crippen LogP contribution in [0.5, 0.6) is 0 Å². The summed E-state index contributed by atoms with van der Waals surface area (Å²) in [6.07, 6.45) is 5.24. The van der Waals surface area contributed by atoms with Crippen LogP contribution in [-0.2, 0) is 12.8 Å². The Morgan fingerprint density at radius 1 is 1.31 bits per heavy atom. The zero-order valence-electron chi connectivity index (χ0n) is 11.0. The molecule has 0 aliphatic carbocycles. The van der Waals surface area contributed by atoms with Crippen molar-refractivity contribution in [2.75, 3.05) is 6.54 Å². The molecule has 0 radical (unpaired) electrons. The van der Waals surface area contributed by atoms with E-state index < -0.39 is 0 Å². The molecule has 1 aromatic rings. The fourth-order valence-corrected chi connectivity index (χ4v) is 1.98. The van der Waals surface area contributed by atoms with Crippen molar-refractivity contribution in [3.63, 3.8) is 0 Å². The summed E-state index contributed by atoms with van der Waals surface area (Å²) in [6, 6.07) is 0.445. The quantitative estimate of drug-likeness (QED) is 0.805. The van der Waals surface area contributed by atoms with Crippen LogP contribution in [-0.4, -0.2) is 16.3 Å². The van der Waals surface area contributed by atoms with Gasteiger partial charge in [-0.2, -0.15) is 5.10 Å². The van der Waals surface area contributed by atoms with E-state index in [2.05, 4.69) is 37.5 Å². The van der Waals surface area contributed by atoms with Crippen LogP contribution in [0.1, 0.15) is 51.4 Å². The maximum Gasteiger partial charge on any atom is 0.0524 e. The second-order valence-electron chi connectivity index (χ2n) is 5.15. The standard InChI is InChI=1S/C13H25N3/c1-10(2)8-13-12(6-5-7-14)9-15-16(13)11(3)4/h9-11H,5-8,14H2,1-4H3. The molecule has 0 atom stereocenters. The molecule has 1 aromatic heterocycles. The average Bonchev–Trinajstić information content (AvgIpc) is 2.57. The van der Waals surface area contributed by atoms with Gasteiger partial charge in [-0.1, -0.05) is 13.8 Å². The molecule has 0 aromatic carbocycles. The van der Waals surface area contributed by atoms with Gasteiger partial charge in [0.15, 0.2) is 0 Å². The van der Waals surface area contributed by atoms with Crippen LogP contribution in [0, 0.1) is 5.92 Å². The maximum atomic E-state index is 5.57. The predicted octanol–water partition coefficient (Wildman–Crippen LogP) is 2.55. The first kappa shape index (κ1) is 13.2. The minimum absolute atomic E-state index is 0.445. The van der Waals surface area contributed by atoms with Gasteiger partial charge in [-0.3, -0.25) is 4.68 Å². The molecule has 3 heteroatoms. The smallest absolute Gasteiger partial charge is 0.0524 e. The lowest BCUT2D eigenvalue weighted by Gasteiger charge is -2.14. The SMILES string of the molecule is CC(C)Cc1c(CCCN)cnn1C(C)C. The predicted molar refractivity (Wildman–Crippen MR) is 68.5 cm³/mol. The van der Waals surface area contributed by atoms with Gasteiger partial charge in [-0.15, -0.1) is 0 Å². The van der Waals surface area contributed by atoms with Crippen LogP contribution in [0.4, 0.5) is 0 Å². The van der Waals surface area contributed by atoms with E-state index in [9.17, 15) is 0 Å². The van der Waals surface area contributed by atoms with Crippen LogP contribution in [0.25, 0.3) is 0 Å².